The maximum absolute atomic E-state index is 11.0. The van der Waals surface area contributed by atoms with E-state index in [1.54, 1.807) is 24.3 Å². The van der Waals surface area contributed by atoms with Crippen molar-refractivity contribution in [2.75, 3.05) is 0 Å². The van der Waals surface area contributed by atoms with E-state index in [1.165, 1.54) is 12.3 Å². The maximum atomic E-state index is 11.0. The van der Waals surface area contributed by atoms with Gasteiger partial charge < -0.3 is 4.74 Å². The predicted molar refractivity (Wildman–Crippen MR) is 71.8 cm³/mol. The molecule has 0 spiro atoms. The van der Waals surface area contributed by atoms with Crippen LogP contribution in [0.3, 0.4) is 0 Å². The van der Waals surface area contributed by atoms with Crippen LogP contribution in [0.25, 0.3) is 0 Å². The summed E-state index contributed by atoms with van der Waals surface area (Å²) in [6.07, 6.45) is 2.14. The minimum absolute atomic E-state index is 0.0731. The standard InChI is InChI=1S/C13H11ClN2O3/c1-2-9-3-5-12(11(7-9)16(17)18)19-13-6-4-10(14)8-15-13/h3-8H,2H2,1H3. The Labute approximate surface area is 115 Å². The fourth-order valence-electron chi connectivity index (χ4n) is 1.55. The molecule has 5 nitrogen and oxygen atoms in total. The highest BCUT2D eigenvalue weighted by atomic mass is 35.5. The van der Waals surface area contributed by atoms with Crippen molar-refractivity contribution in [1.82, 2.24) is 4.98 Å². The summed E-state index contributed by atoms with van der Waals surface area (Å²) >= 11 is 5.71. The van der Waals surface area contributed by atoms with E-state index < -0.39 is 4.92 Å². The lowest BCUT2D eigenvalue weighted by Crippen LogP contribution is -1.96. The fourth-order valence-corrected chi connectivity index (χ4v) is 1.66. The molecule has 0 bridgehead atoms. The second kappa shape index (κ2) is 5.67. The average Bonchev–Trinajstić information content (AvgIpc) is 2.41. The van der Waals surface area contributed by atoms with Crippen molar-refractivity contribution in [3.63, 3.8) is 0 Å². The number of nitro groups is 1. The van der Waals surface area contributed by atoms with Gasteiger partial charge in [-0.05, 0) is 24.1 Å². The number of nitrogens with zero attached hydrogens (tertiary/aromatic N) is 2. The highest BCUT2D eigenvalue weighted by Crippen LogP contribution is 2.31. The van der Waals surface area contributed by atoms with Gasteiger partial charge in [0.25, 0.3) is 0 Å². The molecule has 0 aliphatic rings. The molecule has 1 heterocycles. The van der Waals surface area contributed by atoms with Gasteiger partial charge in [0, 0.05) is 18.3 Å². The zero-order valence-electron chi connectivity index (χ0n) is 10.2. The van der Waals surface area contributed by atoms with Crippen LogP contribution < -0.4 is 4.74 Å². The number of nitro benzene ring substituents is 1. The van der Waals surface area contributed by atoms with E-state index in [4.69, 9.17) is 16.3 Å². The van der Waals surface area contributed by atoms with Gasteiger partial charge in [0.05, 0.1) is 9.95 Å². The number of ether oxygens (including phenoxy) is 1. The molecule has 0 aliphatic carbocycles. The first-order chi connectivity index (χ1) is 9.10. The molecule has 2 rings (SSSR count). The summed E-state index contributed by atoms with van der Waals surface area (Å²) in [5.41, 5.74) is 0.805. The molecule has 0 unspecified atom stereocenters. The number of hydrogen-bond donors (Lipinski definition) is 0. The van der Waals surface area contributed by atoms with E-state index in [1.807, 2.05) is 6.92 Å². The molecule has 19 heavy (non-hydrogen) atoms. The molecule has 0 fully saturated rings. The molecule has 1 aromatic heterocycles. The number of aryl methyl sites for hydroxylation is 1. The zero-order chi connectivity index (χ0) is 13.8. The summed E-state index contributed by atoms with van der Waals surface area (Å²) in [6.45, 7) is 1.93. The van der Waals surface area contributed by atoms with Crippen molar-refractivity contribution >= 4 is 17.3 Å². The van der Waals surface area contributed by atoms with Crippen LogP contribution in [0.1, 0.15) is 12.5 Å². The zero-order valence-corrected chi connectivity index (χ0v) is 10.9. The van der Waals surface area contributed by atoms with Crippen LogP contribution in [0.5, 0.6) is 11.6 Å². The van der Waals surface area contributed by atoms with Crippen LogP contribution in [-0.2, 0) is 6.42 Å². The van der Waals surface area contributed by atoms with E-state index in [2.05, 4.69) is 4.98 Å². The summed E-state index contributed by atoms with van der Waals surface area (Å²) in [5, 5.41) is 11.5. The second-order valence-corrected chi connectivity index (χ2v) is 4.27. The van der Waals surface area contributed by atoms with E-state index in [0.29, 0.717) is 5.02 Å². The molecular formula is C13H11ClN2O3. The fraction of sp³-hybridized carbons (Fsp3) is 0.154. The Kier molecular flexibility index (Phi) is 3.97. The van der Waals surface area contributed by atoms with Gasteiger partial charge in [0.15, 0.2) is 0 Å². The normalized spacial score (nSPS) is 10.2. The third kappa shape index (κ3) is 3.20. The van der Waals surface area contributed by atoms with Crippen molar-refractivity contribution in [2.24, 2.45) is 0 Å². The molecule has 0 aliphatic heterocycles. The average molecular weight is 279 g/mol. The molecule has 98 valence electrons. The van der Waals surface area contributed by atoms with Gasteiger partial charge in [-0.2, -0.15) is 0 Å². The minimum atomic E-state index is -0.468. The molecule has 0 saturated carbocycles. The lowest BCUT2D eigenvalue weighted by Gasteiger charge is -2.06. The summed E-state index contributed by atoms with van der Waals surface area (Å²) in [4.78, 5) is 14.5. The van der Waals surface area contributed by atoms with Gasteiger partial charge in [-0.25, -0.2) is 4.98 Å². The number of pyridine rings is 1. The highest BCUT2D eigenvalue weighted by Gasteiger charge is 2.16. The lowest BCUT2D eigenvalue weighted by molar-refractivity contribution is -0.385. The van der Waals surface area contributed by atoms with E-state index in [9.17, 15) is 10.1 Å². The molecule has 0 atom stereocenters. The van der Waals surface area contributed by atoms with Crippen LogP contribution in [0.4, 0.5) is 5.69 Å². The Morgan fingerprint density at radius 1 is 1.37 bits per heavy atom. The largest absolute Gasteiger partial charge is 0.432 e. The van der Waals surface area contributed by atoms with Crippen molar-refractivity contribution in [1.29, 1.82) is 0 Å². The van der Waals surface area contributed by atoms with Gasteiger partial charge in [-0.1, -0.05) is 24.6 Å². The minimum Gasteiger partial charge on any atom is -0.432 e. The van der Waals surface area contributed by atoms with Crippen LogP contribution in [0.15, 0.2) is 36.5 Å². The number of aromatic nitrogens is 1. The predicted octanol–water partition coefficient (Wildman–Crippen LogP) is 4.00. The Bertz CT molecular complexity index is 599. The second-order valence-electron chi connectivity index (χ2n) is 3.83. The van der Waals surface area contributed by atoms with Crippen molar-refractivity contribution < 1.29 is 9.66 Å². The Balaban J connectivity index is 2.33. The molecule has 0 saturated heterocycles. The van der Waals surface area contributed by atoms with Gasteiger partial charge in [-0.3, -0.25) is 10.1 Å². The van der Waals surface area contributed by atoms with Crippen molar-refractivity contribution in [3.05, 3.63) is 57.2 Å². The quantitative estimate of drug-likeness (QED) is 0.626. The summed E-state index contributed by atoms with van der Waals surface area (Å²) in [7, 11) is 0. The molecule has 1 aromatic carbocycles. The van der Waals surface area contributed by atoms with Crippen molar-refractivity contribution in [3.8, 4) is 11.6 Å². The van der Waals surface area contributed by atoms with Gasteiger partial charge in [0.2, 0.25) is 11.6 Å². The van der Waals surface area contributed by atoms with Crippen LogP contribution in [0, 0.1) is 10.1 Å². The van der Waals surface area contributed by atoms with Crippen molar-refractivity contribution in [2.45, 2.75) is 13.3 Å². The number of rotatable bonds is 4. The van der Waals surface area contributed by atoms with Gasteiger partial charge in [-0.15, -0.1) is 0 Å². The monoisotopic (exact) mass is 278 g/mol. The summed E-state index contributed by atoms with van der Waals surface area (Å²) < 4.78 is 5.41. The molecular weight excluding hydrogens is 268 g/mol. The van der Waals surface area contributed by atoms with Crippen LogP contribution in [0.2, 0.25) is 5.02 Å². The lowest BCUT2D eigenvalue weighted by atomic mass is 10.1. The number of halogens is 1. The first-order valence-corrected chi connectivity index (χ1v) is 6.04. The molecule has 0 amide bonds. The SMILES string of the molecule is CCc1ccc(Oc2ccc(Cl)cn2)c([N+](=O)[O-])c1. The third-order valence-electron chi connectivity index (χ3n) is 2.54. The Hall–Kier alpha value is -2.14. The Morgan fingerprint density at radius 3 is 2.74 bits per heavy atom. The topological polar surface area (TPSA) is 65.3 Å². The molecule has 6 heteroatoms. The van der Waals surface area contributed by atoms with Gasteiger partial charge >= 0.3 is 5.69 Å². The Morgan fingerprint density at radius 2 is 2.16 bits per heavy atom. The summed E-state index contributed by atoms with van der Waals surface area (Å²) in [6, 6.07) is 8.03. The van der Waals surface area contributed by atoms with Gasteiger partial charge in [0.1, 0.15) is 0 Å². The third-order valence-corrected chi connectivity index (χ3v) is 2.77. The van der Waals surface area contributed by atoms with E-state index in [0.717, 1.165) is 12.0 Å². The van der Waals surface area contributed by atoms with Crippen LogP contribution >= 0.6 is 11.6 Å². The maximum Gasteiger partial charge on any atom is 0.311 e. The number of hydrogen-bond acceptors (Lipinski definition) is 4. The highest BCUT2D eigenvalue weighted by molar-refractivity contribution is 6.30. The first kappa shape index (κ1) is 13.3. The molecule has 2 aromatic rings. The van der Waals surface area contributed by atoms with E-state index >= 15 is 0 Å². The molecule has 0 radical (unpaired) electrons. The van der Waals surface area contributed by atoms with E-state index in [-0.39, 0.29) is 17.3 Å². The summed E-state index contributed by atoms with van der Waals surface area (Å²) in [5.74, 6) is 0.425. The van der Waals surface area contributed by atoms with Crippen LogP contribution in [-0.4, -0.2) is 9.91 Å². The first-order valence-electron chi connectivity index (χ1n) is 5.67. The smallest absolute Gasteiger partial charge is 0.311 e. The molecule has 0 N–H and O–H groups in total. The number of benzene rings is 1.